The van der Waals surface area contributed by atoms with Crippen LogP contribution in [0.1, 0.15) is 36.4 Å². The van der Waals surface area contributed by atoms with Gasteiger partial charge in [0.15, 0.2) is 0 Å². The van der Waals surface area contributed by atoms with Gasteiger partial charge in [0, 0.05) is 23.1 Å². The minimum absolute atomic E-state index is 0.222. The quantitative estimate of drug-likeness (QED) is 0.380. The number of alkyl halides is 3. The highest BCUT2D eigenvalue weighted by molar-refractivity contribution is 5.64. The molecular formula is C25H24F3N5O. The van der Waals surface area contributed by atoms with E-state index >= 15 is 0 Å². The number of halogens is 3. The van der Waals surface area contributed by atoms with Crippen molar-refractivity contribution < 1.29 is 18.3 Å². The third kappa shape index (κ3) is 5.09. The molecule has 9 heteroatoms. The molecule has 4 rings (SSSR count). The molecule has 34 heavy (non-hydrogen) atoms. The summed E-state index contributed by atoms with van der Waals surface area (Å²) >= 11 is 0. The molecule has 0 fully saturated rings. The molecule has 176 valence electrons. The van der Waals surface area contributed by atoms with E-state index in [9.17, 15) is 18.3 Å². The topological polar surface area (TPSA) is 75.9 Å². The summed E-state index contributed by atoms with van der Waals surface area (Å²) in [4.78, 5) is 13.2. The van der Waals surface area contributed by atoms with Crippen LogP contribution >= 0.6 is 0 Å². The third-order valence-corrected chi connectivity index (χ3v) is 5.30. The first-order valence-corrected chi connectivity index (χ1v) is 10.6. The van der Waals surface area contributed by atoms with Crippen LogP contribution in [0.2, 0.25) is 0 Å². The van der Waals surface area contributed by atoms with E-state index in [0.29, 0.717) is 17.0 Å². The van der Waals surface area contributed by atoms with Gasteiger partial charge in [0.05, 0.1) is 29.0 Å². The SMILES string of the molecule is Cc1cn(-c2ccc(Nc3nc(-c4ccc(C(F)(F)F)cc4)cc(C(C)(C)O)n3)cc2C)cn1. The number of nitrogens with one attached hydrogen (secondary N) is 1. The van der Waals surface area contributed by atoms with Crippen LogP contribution in [0.4, 0.5) is 24.8 Å². The van der Waals surface area contributed by atoms with Gasteiger partial charge in [-0.15, -0.1) is 0 Å². The van der Waals surface area contributed by atoms with Crippen LogP contribution in [0.25, 0.3) is 16.9 Å². The standard InChI is InChI=1S/C25H24F3N5O/c1-15-11-19(9-10-21(15)33-13-16(2)29-14-33)30-23-31-20(12-22(32-23)24(3,4)34)17-5-7-18(8-6-17)25(26,27)28/h5-14,34H,1-4H3,(H,30,31,32). The summed E-state index contributed by atoms with van der Waals surface area (Å²) in [5, 5.41) is 13.7. The van der Waals surface area contributed by atoms with Crippen molar-refractivity contribution in [2.75, 3.05) is 5.32 Å². The lowest BCUT2D eigenvalue weighted by Gasteiger charge is -2.19. The van der Waals surface area contributed by atoms with Crippen molar-refractivity contribution in [2.24, 2.45) is 0 Å². The number of hydrogen-bond acceptors (Lipinski definition) is 5. The number of aryl methyl sites for hydroxylation is 2. The predicted molar refractivity (Wildman–Crippen MR) is 124 cm³/mol. The van der Waals surface area contributed by atoms with E-state index in [1.54, 1.807) is 26.2 Å². The van der Waals surface area contributed by atoms with Crippen LogP contribution in [0.5, 0.6) is 0 Å². The zero-order valence-electron chi connectivity index (χ0n) is 19.1. The van der Waals surface area contributed by atoms with Crippen molar-refractivity contribution in [1.29, 1.82) is 0 Å². The highest BCUT2D eigenvalue weighted by Gasteiger charge is 2.30. The maximum Gasteiger partial charge on any atom is 0.416 e. The van der Waals surface area contributed by atoms with Gasteiger partial charge in [-0.3, -0.25) is 0 Å². The maximum atomic E-state index is 12.9. The molecule has 0 aliphatic carbocycles. The summed E-state index contributed by atoms with van der Waals surface area (Å²) < 4.78 is 40.8. The zero-order valence-corrected chi connectivity index (χ0v) is 19.1. The molecule has 0 unspecified atom stereocenters. The average molecular weight is 467 g/mol. The van der Waals surface area contributed by atoms with Crippen LogP contribution in [-0.4, -0.2) is 24.6 Å². The first kappa shape index (κ1) is 23.4. The Labute approximate surface area is 195 Å². The van der Waals surface area contributed by atoms with Crippen LogP contribution in [0.3, 0.4) is 0 Å². The smallest absolute Gasteiger partial charge is 0.384 e. The number of nitrogens with zero attached hydrogens (tertiary/aromatic N) is 4. The van der Waals surface area contributed by atoms with E-state index < -0.39 is 17.3 Å². The fraction of sp³-hybridized carbons (Fsp3) is 0.240. The van der Waals surface area contributed by atoms with Gasteiger partial charge < -0.3 is 15.0 Å². The molecular weight excluding hydrogens is 443 g/mol. The molecule has 0 aliphatic heterocycles. The van der Waals surface area contributed by atoms with Crippen LogP contribution < -0.4 is 5.32 Å². The Bertz CT molecular complexity index is 1320. The van der Waals surface area contributed by atoms with Crippen LogP contribution in [0, 0.1) is 13.8 Å². The molecule has 0 saturated heterocycles. The minimum atomic E-state index is -4.42. The second kappa shape index (κ2) is 8.57. The molecule has 4 aromatic rings. The van der Waals surface area contributed by atoms with E-state index in [-0.39, 0.29) is 5.95 Å². The van der Waals surface area contributed by atoms with Gasteiger partial charge in [0.1, 0.15) is 5.60 Å². The van der Waals surface area contributed by atoms with E-state index in [1.807, 2.05) is 42.8 Å². The Morgan fingerprint density at radius 2 is 1.65 bits per heavy atom. The van der Waals surface area contributed by atoms with E-state index in [2.05, 4.69) is 20.3 Å². The summed E-state index contributed by atoms with van der Waals surface area (Å²) in [7, 11) is 0. The average Bonchev–Trinajstić information content (AvgIpc) is 3.18. The highest BCUT2D eigenvalue weighted by atomic mass is 19.4. The van der Waals surface area contributed by atoms with Gasteiger partial charge in [-0.25, -0.2) is 15.0 Å². The number of aliphatic hydroxyl groups is 1. The van der Waals surface area contributed by atoms with E-state index in [0.717, 1.165) is 34.8 Å². The summed E-state index contributed by atoms with van der Waals surface area (Å²) in [5.41, 5.74) is 2.79. The Kier molecular flexibility index (Phi) is 5.91. The molecule has 6 nitrogen and oxygen atoms in total. The van der Waals surface area contributed by atoms with Gasteiger partial charge >= 0.3 is 6.18 Å². The summed E-state index contributed by atoms with van der Waals surface area (Å²) in [6.07, 6.45) is -0.743. The molecule has 0 spiro atoms. The van der Waals surface area contributed by atoms with Gasteiger partial charge in [-0.05, 0) is 69.7 Å². The highest BCUT2D eigenvalue weighted by Crippen LogP contribution is 2.32. The maximum absolute atomic E-state index is 12.9. The van der Waals surface area contributed by atoms with Gasteiger partial charge in [-0.2, -0.15) is 13.2 Å². The minimum Gasteiger partial charge on any atom is -0.384 e. The molecule has 2 heterocycles. The number of benzene rings is 2. The van der Waals surface area contributed by atoms with Crippen molar-refractivity contribution in [3.63, 3.8) is 0 Å². The second-order valence-corrected chi connectivity index (χ2v) is 8.64. The molecule has 0 radical (unpaired) electrons. The Morgan fingerprint density at radius 1 is 0.941 bits per heavy atom. The zero-order chi connectivity index (χ0) is 24.7. The van der Waals surface area contributed by atoms with Crippen LogP contribution in [0.15, 0.2) is 61.1 Å². The summed E-state index contributed by atoms with van der Waals surface area (Å²) in [6.45, 7) is 7.06. The lowest BCUT2D eigenvalue weighted by molar-refractivity contribution is -0.137. The molecule has 0 amide bonds. The number of rotatable bonds is 5. The molecule has 0 aliphatic rings. The fourth-order valence-electron chi connectivity index (χ4n) is 3.50. The van der Waals surface area contributed by atoms with Crippen molar-refractivity contribution in [2.45, 2.75) is 39.5 Å². The first-order valence-electron chi connectivity index (χ1n) is 10.6. The second-order valence-electron chi connectivity index (χ2n) is 8.64. The summed E-state index contributed by atoms with van der Waals surface area (Å²) in [6, 6.07) is 12.0. The number of anilines is 2. The Morgan fingerprint density at radius 3 is 2.21 bits per heavy atom. The fourth-order valence-corrected chi connectivity index (χ4v) is 3.50. The van der Waals surface area contributed by atoms with E-state index in [1.165, 1.54) is 12.1 Å². The Hall–Kier alpha value is -3.72. The largest absolute Gasteiger partial charge is 0.416 e. The van der Waals surface area contributed by atoms with Crippen molar-refractivity contribution in [3.8, 4) is 16.9 Å². The number of imidazole rings is 1. The lowest BCUT2D eigenvalue weighted by Crippen LogP contribution is -2.19. The number of aromatic nitrogens is 4. The van der Waals surface area contributed by atoms with Gasteiger partial charge in [0.2, 0.25) is 5.95 Å². The number of hydrogen-bond donors (Lipinski definition) is 2. The molecule has 2 aromatic carbocycles. The van der Waals surface area contributed by atoms with Crippen molar-refractivity contribution >= 4 is 11.6 Å². The molecule has 2 aromatic heterocycles. The van der Waals surface area contributed by atoms with Gasteiger partial charge in [-0.1, -0.05) is 12.1 Å². The van der Waals surface area contributed by atoms with Crippen molar-refractivity contribution in [1.82, 2.24) is 19.5 Å². The summed E-state index contributed by atoms with van der Waals surface area (Å²) in [5.74, 6) is 0.222. The normalized spacial score (nSPS) is 12.1. The Balaban J connectivity index is 1.69. The predicted octanol–water partition coefficient (Wildman–Crippen LogP) is 5.94. The molecule has 0 atom stereocenters. The molecule has 0 saturated carbocycles. The van der Waals surface area contributed by atoms with E-state index in [4.69, 9.17) is 0 Å². The first-order chi connectivity index (χ1) is 15.9. The monoisotopic (exact) mass is 467 g/mol. The molecule has 0 bridgehead atoms. The third-order valence-electron chi connectivity index (χ3n) is 5.30. The van der Waals surface area contributed by atoms with Crippen molar-refractivity contribution in [3.05, 3.63) is 83.6 Å². The van der Waals surface area contributed by atoms with Gasteiger partial charge in [0.25, 0.3) is 0 Å². The molecule has 2 N–H and O–H groups in total. The van der Waals surface area contributed by atoms with Crippen LogP contribution in [-0.2, 0) is 11.8 Å². The lowest BCUT2D eigenvalue weighted by atomic mass is 10.0.